The number of nitriles is 1. The van der Waals surface area contributed by atoms with Gasteiger partial charge in [-0.05, 0) is 17.7 Å². The van der Waals surface area contributed by atoms with E-state index in [9.17, 15) is 4.79 Å². The van der Waals surface area contributed by atoms with Gasteiger partial charge < -0.3 is 5.32 Å². The van der Waals surface area contributed by atoms with Crippen LogP contribution in [-0.2, 0) is 4.79 Å². The Bertz CT molecular complexity index is 676. The van der Waals surface area contributed by atoms with E-state index in [1.165, 1.54) is 4.90 Å². The molecule has 0 fully saturated rings. The molecule has 0 radical (unpaired) electrons. The van der Waals surface area contributed by atoms with E-state index in [4.69, 9.17) is 5.26 Å². The van der Waals surface area contributed by atoms with Crippen LogP contribution in [0.15, 0.2) is 54.6 Å². The van der Waals surface area contributed by atoms with Crippen LogP contribution in [0.2, 0.25) is 0 Å². The summed E-state index contributed by atoms with van der Waals surface area (Å²) in [7, 11) is 0. The summed E-state index contributed by atoms with van der Waals surface area (Å²) in [6.45, 7) is 0.0564. The van der Waals surface area contributed by atoms with Crippen molar-refractivity contribution in [3.63, 3.8) is 0 Å². The highest BCUT2D eigenvalue weighted by atomic mass is 16.2. The van der Waals surface area contributed by atoms with Gasteiger partial charge in [0.05, 0.1) is 17.4 Å². The molecule has 1 unspecified atom stereocenters. The summed E-state index contributed by atoms with van der Waals surface area (Å²) < 4.78 is 0. The highest BCUT2D eigenvalue weighted by Gasteiger charge is 2.32. The normalized spacial score (nSPS) is 17.1. The molecule has 98 valence electrons. The lowest BCUT2D eigenvalue weighted by atomic mass is 10.0. The summed E-state index contributed by atoms with van der Waals surface area (Å²) in [4.78, 5) is 14.1. The van der Waals surface area contributed by atoms with Gasteiger partial charge in [0.15, 0.2) is 0 Å². The fraction of sp³-hybridized carbons (Fsp3) is 0.125. The van der Waals surface area contributed by atoms with Crippen molar-refractivity contribution in [3.8, 4) is 6.07 Å². The van der Waals surface area contributed by atoms with E-state index in [2.05, 4.69) is 11.4 Å². The Morgan fingerprint density at radius 2 is 1.80 bits per heavy atom. The second-order valence-electron chi connectivity index (χ2n) is 4.59. The van der Waals surface area contributed by atoms with E-state index in [-0.39, 0.29) is 12.5 Å². The van der Waals surface area contributed by atoms with E-state index in [1.807, 2.05) is 54.6 Å². The standard InChI is InChI=1S/C16H13N3O/c17-10-11-19-14-9-5-4-8-13(14)18-15(16(19)20)12-6-2-1-3-7-12/h1-9,15,18H,11H2. The lowest BCUT2D eigenvalue weighted by molar-refractivity contribution is -0.119. The number of hydrogen-bond acceptors (Lipinski definition) is 3. The highest BCUT2D eigenvalue weighted by Crippen LogP contribution is 2.35. The molecule has 4 nitrogen and oxygen atoms in total. The van der Waals surface area contributed by atoms with Crippen molar-refractivity contribution in [2.75, 3.05) is 16.8 Å². The first-order chi connectivity index (χ1) is 9.81. The number of fused-ring (bicyclic) bond motifs is 1. The number of rotatable bonds is 2. The van der Waals surface area contributed by atoms with E-state index < -0.39 is 6.04 Å². The van der Waals surface area contributed by atoms with Crippen LogP contribution >= 0.6 is 0 Å². The molecule has 1 heterocycles. The van der Waals surface area contributed by atoms with Crippen LogP contribution in [0.25, 0.3) is 0 Å². The second kappa shape index (κ2) is 5.06. The summed E-state index contributed by atoms with van der Waals surface area (Å²) in [5.41, 5.74) is 2.53. The summed E-state index contributed by atoms with van der Waals surface area (Å²) in [6.07, 6.45) is 0. The van der Waals surface area contributed by atoms with Crippen LogP contribution in [0.1, 0.15) is 11.6 Å². The topological polar surface area (TPSA) is 56.1 Å². The first-order valence-electron chi connectivity index (χ1n) is 6.40. The first-order valence-corrected chi connectivity index (χ1v) is 6.40. The van der Waals surface area contributed by atoms with Crippen LogP contribution in [0, 0.1) is 11.3 Å². The molecule has 20 heavy (non-hydrogen) atoms. The molecule has 0 saturated heterocycles. The lowest BCUT2D eigenvalue weighted by Crippen LogP contribution is -2.42. The predicted molar refractivity (Wildman–Crippen MR) is 77.2 cm³/mol. The van der Waals surface area contributed by atoms with Crippen molar-refractivity contribution in [2.24, 2.45) is 0 Å². The van der Waals surface area contributed by atoms with Gasteiger partial charge in [-0.1, -0.05) is 42.5 Å². The number of carbonyl (C=O) groups excluding carboxylic acids is 1. The minimum absolute atomic E-state index is 0.0564. The molecule has 0 aromatic heterocycles. The van der Waals surface area contributed by atoms with Crippen molar-refractivity contribution in [1.82, 2.24) is 0 Å². The Balaban J connectivity index is 2.05. The Morgan fingerprint density at radius 1 is 1.10 bits per heavy atom. The van der Waals surface area contributed by atoms with Gasteiger partial charge in [-0.15, -0.1) is 0 Å². The van der Waals surface area contributed by atoms with Gasteiger partial charge in [-0.25, -0.2) is 0 Å². The zero-order chi connectivity index (χ0) is 13.9. The maximum Gasteiger partial charge on any atom is 0.255 e. The first kappa shape index (κ1) is 12.2. The van der Waals surface area contributed by atoms with Gasteiger partial charge in [-0.2, -0.15) is 5.26 Å². The van der Waals surface area contributed by atoms with Crippen LogP contribution in [0.5, 0.6) is 0 Å². The molecule has 2 aromatic rings. The lowest BCUT2D eigenvalue weighted by Gasteiger charge is -2.34. The van der Waals surface area contributed by atoms with Crippen molar-refractivity contribution >= 4 is 17.3 Å². The summed E-state index contributed by atoms with van der Waals surface area (Å²) in [6, 6.07) is 18.7. The number of para-hydroxylation sites is 2. The average molecular weight is 263 g/mol. The second-order valence-corrected chi connectivity index (χ2v) is 4.59. The zero-order valence-electron chi connectivity index (χ0n) is 10.8. The Hall–Kier alpha value is -2.80. The highest BCUT2D eigenvalue weighted by molar-refractivity contribution is 6.05. The smallest absolute Gasteiger partial charge is 0.255 e. The number of amides is 1. The van der Waals surface area contributed by atoms with E-state index in [0.717, 1.165) is 16.9 Å². The van der Waals surface area contributed by atoms with Gasteiger partial charge in [0.1, 0.15) is 12.6 Å². The van der Waals surface area contributed by atoms with E-state index in [1.54, 1.807) is 0 Å². The van der Waals surface area contributed by atoms with Crippen LogP contribution < -0.4 is 10.2 Å². The quantitative estimate of drug-likeness (QED) is 0.847. The monoisotopic (exact) mass is 263 g/mol. The molecule has 0 aliphatic carbocycles. The van der Waals surface area contributed by atoms with Crippen molar-refractivity contribution in [3.05, 3.63) is 60.2 Å². The molecule has 1 aliphatic rings. The summed E-state index contributed by atoms with van der Waals surface area (Å²) >= 11 is 0. The molecule has 3 rings (SSSR count). The molecule has 1 N–H and O–H groups in total. The minimum atomic E-state index is -0.445. The zero-order valence-corrected chi connectivity index (χ0v) is 10.8. The molecule has 0 spiro atoms. The number of carbonyl (C=O) groups is 1. The SMILES string of the molecule is N#CCN1C(=O)C(c2ccccc2)Nc2ccccc21. The average Bonchev–Trinajstić information content (AvgIpc) is 2.51. The maximum absolute atomic E-state index is 12.6. The minimum Gasteiger partial charge on any atom is -0.368 e. The summed E-state index contributed by atoms with van der Waals surface area (Å²) in [5, 5.41) is 12.2. The van der Waals surface area contributed by atoms with Crippen molar-refractivity contribution in [1.29, 1.82) is 5.26 Å². The van der Waals surface area contributed by atoms with Crippen molar-refractivity contribution in [2.45, 2.75) is 6.04 Å². The maximum atomic E-state index is 12.6. The number of benzene rings is 2. The Kier molecular flexibility index (Phi) is 3.10. The van der Waals surface area contributed by atoms with Gasteiger partial charge in [-0.3, -0.25) is 9.69 Å². The van der Waals surface area contributed by atoms with E-state index >= 15 is 0 Å². The Morgan fingerprint density at radius 3 is 2.55 bits per heavy atom. The number of nitrogens with zero attached hydrogens (tertiary/aromatic N) is 2. The van der Waals surface area contributed by atoms with Gasteiger partial charge >= 0.3 is 0 Å². The molecular weight excluding hydrogens is 250 g/mol. The third-order valence-electron chi connectivity index (χ3n) is 3.37. The fourth-order valence-corrected chi connectivity index (χ4v) is 2.43. The van der Waals surface area contributed by atoms with Gasteiger partial charge in [0, 0.05) is 0 Å². The number of nitrogens with one attached hydrogen (secondary N) is 1. The fourth-order valence-electron chi connectivity index (χ4n) is 2.43. The molecule has 4 heteroatoms. The van der Waals surface area contributed by atoms with E-state index in [0.29, 0.717) is 0 Å². The molecule has 1 amide bonds. The molecular formula is C16H13N3O. The molecule has 2 aromatic carbocycles. The van der Waals surface area contributed by atoms with Gasteiger partial charge in [0.2, 0.25) is 0 Å². The third kappa shape index (κ3) is 1.99. The molecule has 1 atom stereocenters. The van der Waals surface area contributed by atoms with Crippen molar-refractivity contribution < 1.29 is 4.79 Å². The third-order valence-corrected chi connectivity index (χ3v) is 3.37. The molecule has 1 aliphatic heterocycles. The number of hydrogen-bond donors (Lipinski definition) is 1. The van der Waals surface area contributed by atoms with Crippen LogP contribution in [-0.4, -0.2) is 12.5 Å². The molecule has 0 saturated carbocycles. The number of anilines is 2. The van der Waals surface area contributed by atoms with Crippen LogP contribution in [0.4, 0.5) is 11.4 Å². The largest absolute Gasteiger partial charge is 0.368 e. The molecule has 0 bridgehead atoms. The predicted octanol–water partition coefficient (Wildman–Crippen LogP) is 2.71. The van der Waals surface area contributed by atoms with Crippen LogP contribution in [0.3, 0.4) is 0 Å². The summed E-state index contributed by atoms with van der Waals surface area (Å²) in [5.74, 6) is -0.101. The van der Waals surface area contributed by atoms with Gasteiger partial charge in [0.25, 0.3) is 5.91 Å². The Labute approximate surface area is 117 Å².